The summed E-state index contributed by atoms with van der Waals surface area (Å²) in [5.74, 6) is -0.637. The van der Waals surface area contributed by atoms with E-state index in [0.717, 1.165) is 0 Å². The largest absolute Gasteiger partial charge is 0.388 e. The summed E-state index contributed by atoms with van der Waals surface area (Å²) in [5.41, 5.74) is 0. The van der Waals surface area contributed by atoms with Crippen LogP contribution >= 0.6 is 0 Å². The van der Waals surface area contributed by atoms with Gasteiger partial charge in [-0.15, -0.1) is 13.2 Å². The second-order valence-electron chi connectivity index (χ2n) is 1.61. The third-order valence-corrected chi connectivity index (χ3v) is 0.999. The van der Waals surface area contributed by atoms with Crippen LogP contribution in [0.3, 0.4) is 0 Å². The van der Waals surface area contributed by atoms with Gasteiger partial charge in [-0.25, -0.2) is 0 Å². The van der Waals surface area contributed by atoms with E-state index in [1.165, 1.54) is 12.2 Å². The fourth-order valence-corrected chi connectivity index (χ4v) is 0.404. The normalized spacial score (nSPS) is 15.7. The van der Waals surface area contributed by atoms with Crippen LogP contribution in [-0.4, -0.2) is 17.5 Å². The zero-order chi connectivity index (χ0) is 7.28. The van der Waals surface area contributed by atoms with E-state index in [4.69, 9.17) is 5.11 Å². The molecule has 9 heavy (non-hydrogen) atoms. The highest BCUT2D eigenvalue weighted by Gasteiger charge is 2.10. The average Bonchev–Trinajstić information content (AvgIpc) is 1.90. The monoisotopic (exact) mass is 125 g/mol. The van der Waals surface area contributed by atoms with Crippen molar-refractivity contribution in [2.24, 2.45) is 5.92 Å². The molecule has 2 heteroatoms. The Bertz CT molecular complexity index is 110. The Kier molecular flexibility index (Phi) is 3.64. The molecule has 0 spiro atoms. The van der Waals surface area contributed by atoms with Crippen LogP contribution in [0.2, 0.25) is 0 Å². The minimum absolute atomic E-state index is 0.637. The molecule has 0 bridgehead atoms. The van der Waals surface area contributed by atoms with Crippen molar-refractivity contribution in [2.75, 3.05) is 0 Å². The Hall–Kier alpha value is -0.890. The molecule has 0 aliphatic rings. The lowest BCUT2D eigenvalue weighted by Crippen LogP contribution is -2.15. The van der Waals surface area contributed by atoms with Crippen LogP contribution in [0, 0.1) is 5.92 Å². The first-order valence-electron chi connectivity index (χ1n) is 2.57. The van der Waals surface area contributed by atoms with E-state index in [9.17, 15) is 4.79 Å². The zero-order valence-electron chi connectivity index (χ0n) is 5.08. The van der Waals surface area contributed by atoms with Gasteiger partial charge in [0.2, 0.25) is 6.29 Å². The summed E-state index contributed by atoms with van der Waals surface area (Å²) in [6.07, 6.45) is 3.37. The molecule has 2 atom stereocenters. The summed E-state index contributed by atoms with van der Waals surface area (Å²) in [6, 6.07) is 0. The van der Waals surface area contributed by atoms with Crippen molar-refractivity contribution in [3.8, 4) is 0 Å². The first kappa shape index (κ1) is 8.11. The van der Waals surface area contributed by atoms with Gasteiger partial charge in [-0.1, -0.05) is 12.2 Å². The molecule has 2 nitrogen and oxygen atoms in total. The van der Waals surface area contributed by atoms with Crippen molar-refractivity contribution in [1.29, 1.82) is 0 Å². The lowest BCUT2D eigenvalue weighted by atomic mass is 10.1. The molecule has 0 heterocycles. The van der Waals surface area contributed by atoms with Crippen molar-refractivity contribution >= 4 is 6.29 Å². The van der Waals surface area contributed by atoms with Crippen LogP contribution in [0.5, 0.6) is 0 Å². The van der Waals surface area contributed by atoms with Crippen LogP contribution in [0.25, 0.3) is 0 Å². The zero-order valence-corrected chi connectivity index (χ0v) is 5.08. The van der Waals surface area contributed by atoms with Crippen LogP contribution in [-0.2, 0) is 4.79 Å². The second-order valence-corrected chi connectivity index (χ2v) is 1.61. The van der Waals surface area contributed by atoms with Crippen LogP contribution in [0.1, 0.15) is 0 Å². The third-order valence-electron chi connectivity index (χ3n) is 0.999. The first-order valence-corrected chi connectivity index (χ1v) is 2.57. The minimum atomic E-state index is -0.847. The van der Waals surface area contributed by atoms with Crippen molar-refractivity contribution in [2.45, 2.75) is 6.10 Å². The van der Waals surface area contributed by atoms with Crippen molar-refractivity contribution < 1.29 is 9.90 Å². The quantitative estimate of drug-likeness (QED) is 0.554. The molecule has 0 aliphatic heterocycles. The lowest BCUT2D eigenvalue weighted by Gasteiger charge is -2.05. The molecule has 0 aromatic carbocycles. The van der Waals surface area contributed by atoms with E-state index < -0.39 is 12.0 Å². The summed E-state index contributed by atoms with van der Waals surface area (Å²) in [7, 11) is 0. The first-order chi connectivity index (χ1) is 4.26. The Labute approximate surface area is 54.5 Å². The maximum atomic E-state index is 9.93. The Balaban J connectivity index is 3.92. The second kappa shape index (κ2) is 4.04. The fourth-order valence-electron chi connectivity index (χ4n) is 0.404. The molecule has 0 saturated heterocycles. The van der Waals surface area contributed by atoms with Crippen molar-refractivity contribution in [3.05, 3.63) is 25.3 Å². The summed E-state index contributed by atoms with van der Waals surface area (Å²) in [4.78, 5) is 9.93. The van der Waals surface area contributed by atoms with Crippen LogP contribution in [0.4, 0.5) is 0 Å². The predicted molar refractivity (Wildman–Crippen MR) is 35.6 cm³/mol. The number of hydrogen-bond donors (Lipinski definition) is 1. The maximum absolute atomic E-state index is 9.93. The van der Waals surface area contributed by atoms with Gasteiger partial charge in [0.25, 0.3) is 0 Å². The molecule has 0 aromatic heterocycles. The molecule has 0 aliphatic carbocycles. The Morgan fingerprint density at radius 2 is 2.00 bits per heavy atom. The SMILES string of the molecule is C=CC(O)C([C]=O)C=C. The van der Waals surface area contributed by atoms with E-state index in [-0.39, 0.29) is 0 Å². The topological polar surface area (TPSA) is 37.3 Å². The molecule has 2 unspecified atom stereocenters. The van der Waals surface area contributed by atoms with E-state index in [2.05, 4.69) is 13.2 Å². The average molecular weight is 125 g/mol. The Morgan fingerprint density at radius 3 is 2.11 bits per heavy atom. The summed E-state index contributed by atoms with van der Waals surface area (Å²) < 4.78 is 0. The van der Waals surface area contributed by atoms with Crippen LogP contribution in [0.15, 0.2) is 25.3 Å². The van der Waals surface area contributed by atoms with Crippen molar-refractivity contribution in [3.63, 3.8) is 0 Å². The van der Waals surface area contributed by atoms with Gasteiger partial charge in [-0.2, -0.15) is 0 Å². The predicted octanol–water partition coefficient (Wildman–Crippen LogP) is 0.445. The van der Waals surface area contributed by atoms with Crippen molar-refractivity contribution in [1.82, 2.24) is 0 Å². The molecular formula is C7H9O2. The highest BCUT2D eigenvalue weighted by atomic mass is 16.3. The van der Waals surface area contributed by atoms with E-state index in [0.29, 0.717) is 0 Å². The number of carbonyl (C=O) groups excluding carboxylic acids is 1. The molecule has 0 saturated carbocycles. The molecule has 0 amide bonds. The van der Waals surface area contributed by atoms with E-state index >= 15 is 0 Å². The summed E-state index contributed by atoms with van der Waals surface area (Å²) >= 11 is 0. The van der Waals surface area contributed by atoms with Gasteiger partial charge in [0.15, 0.2) is 0 Å². The molecule has 1 N–H and O–H groups in total. The number of aliphatic hydroxyl groups is 1. The van der Waals surface area contributed by atoms with Gasteiger partial charge in [-0.05, 0) is 0 Å². The fraction of sp³-hybridized carbons (Fsp3) is 0.286. The van der Waals surface area contributed by atoms with Gasteiger partial charge < -0.3 is 5.11 Å². The molecule has 49 valence electrons. The molecule has 0 aromatic rings. The third kappa shape index (κ3) is 2.24. The molecule has 0 fully saturated rings. The number of aliphatic hydroxyl groups excluding tert-OH is 1. The summed E-state index contributed by atoms with van der Waals surface area (Å²) in [6.45, 7) is 6.63. The van der Waals surface area contributed by atoms with Gasteiger partial charge in [-0.3, -0.25) is 4.79 Å². The molecule has 1 radical (unpaired) electrons. The minimum Gasteiger partial charge on any atom is -0.388 e. The standard InChI is InChI=1S/C7H9O2/c1-3-6(5-8)7(9)4-2/h3-4,6-7,9H,1-2H2. The maximum Gasteiger partial charge on any atom is 0.208 e. The van der Waals surface area contributed by atoms with Crippen LogP contribution < -0.4 is 0 Å². The number of hydrogen-bond acceptors (Lipinski definition) is 2. The van der Waals surface area contributed by atoms with Gasteiger partial charge in [0, 0.05) is 0 Å². The summed E-state index contributed by atoms with van der Waals surface area (Å²) in [5, 5.41) is 8.87. The highest BCUT2D eigenvalue weighted by molar-refractivity contribution is 5.58. The van der Waals surface area contributed by atoms with Gasteiger partial charge >= 0.3 is 0 Å². The van der Waals surface area contributed by atoms with E-state index in [1.54, 1.807) is 6.29 Å². The van der Waals surface area contributed by atoms with Gasteiger partial charge in [0.05, 0.1) is 12.0 Å². The number of rotatable bonds is 4. The highest BCUT2D eigenvalue weighted by Crippen LogP contribution is 2.01. The Morgan fingerprint density at radius 1 is 1.44 bits per heavy atom. The van der Waals surface area contributed by atoms with Gasteiger partial charge in [0.1, 0.15) is 0 Å². The lowest BCUT2D eigenvalue weighted by molar-refractivity contribution is 0.202. The molecule has 0 rings (SSSR count). The smallest absolute Gasteiger partial charge is 0.208 e. The molecular weight excluding hydrogens is 116 g/mol. The van der Waals surface area contributed by atoms with E-state index in [1.807, 2.05) is 0 Å².